The molecule has 10 heteroatoms. The van der Waals surface area contributed by atoms with Crippen molar-refractivity contribution in [1.82, 2.24) is 0 Å². The first-order chi connectivity index (χ1) is 25.5. The number of carbonyl (C=O) groups excluding carboxylic acids is 2. The minimum absolute atomic E-state index is 0.0395. The summed E-state index contributed by atoms with van der Waals surface area (Å²) in [6.07, 6.45) is 41.1. The Morgan fingerprint density at radius 1 is 0.604 bits per heavy atom. The number of quaternary nitrogens is 1. The third-order valence-corrected chi connectivity index (χ3v) is 9.27. The predicted molar refractivity (Wildman–Crippen MR) is 217 cm³/mol. The Balaban J connectivity index is 4.46. The summed E-state index contributed by atoms with van der Waals surface area (Å²) in [6, 6.07) is 0. The van der Waals surface area contributed by atoms with Crippen LogP contribution in [-0.4, -0.2) is 70.0 Å². The van der Waals surface area contributed by atoms with Crippen molar-refractivity contribution in [2.45, 2.75) is 155 Å². The van der Waals surface area contributed by atoms with Crippen LogP contribution in [0.25, 0.3) is 0 Å². The molecule has 0 heterocycles. The summed E-state index contributed by atoms with van der Waals surface area (Å²) in [6.45, 7) is 4.03. The Morgan fingerprint density at radius 2 is 1.08 bits per heavy atom. The van der Waals surface area contributed by atoms with Crippen LogP contribution in [0.2, 0.25) is 0 Å². The SMILES string of the molecule is CC/C=C\C/C=C\C/C=C\C/C=C\C/C=C\CCCCCC(=O)OC(COC(=O)CCCCCCCCCCCC)COP(=O)([O-])OCC[N+](C)(C)C. The average Bonchev–Trinajstić information content (AvgIpc) is 3.10. The van der Waals surface area contributed by atoms with E-state index in [0.29, 0.717) is 17.4 Å². The number of unbranched alkanes of at least 4 members (excludes halogenated alkanes) is 12. The Bertz CT molecular complexity index is 1090. The van der Waals surface area contributed by atoms with Crippen molar-refractivity contribution in [1.29, 1.82) is 0 Å². The zero-order valence-corrected chi connectivity index (χ0v) is 35.1. The molecule has 0 saturated heterocycles. The van der Waals surface area contributed by atoms with E-state index in [9.17, 15) is 19.0 Å². The highest BCUT2D eigenvalue weighted by molar-refractivity contribution is 7.45. The van der Waals surface area contributed by atoms with Gasteiger partial charge in [0.25, 0.3) is 7.82 Å². The van der Waals surface area contributed by atoms with E-state index in [1.54, 1.807) is 0 Å². The highest BCUT2D eigenvalue weighted by Gasteiger charge is 2.21. The maximum Gasteiger partial charge on any atom is 0.306 e. The molecule has 0 rings (SSSR count). The number of allylic oxidation sites excluding steroid dienone is 10. The van der Waals surface area contributed by atoms with Crippen LogP contribution in [0.5, 0.6) is 0 Å². The second kappa shape index (κ2) is 35.4. The molecule has 0 amide bonds. The number of hydrogen-bond acceptors (Lipinski definition) is 8. The van der Waals surface area contributed by atoms with E-state index in [2.05, 4.69) is 74.6 Å². The van der Waals surface area contributed by atoms with Gasteiger partial charge in [-0.2, -0.15) is 0 Å². The van der Waals surface area contributed by atoms with Crippen molar-refractivity contribution in [2.24, 2.45) is 0 Å². The molecule has 0 aliphatic rings. The summed E-state index contributed by atoms with van der Waals surface area (Å²) in [4.78, 5) is 37.4. The number of rotatable bonds is 36. The Labute approximate surface area is 324 Å². The van der Waals surface area contributed by atoms with Gasteiger partial charge >= 0.3 is 11.9 Å². The molecule has 9 nitrogen and oxygen atoms in total. The molecular formula is C43H76NO8P. The summed E-state index contributed by atoms with van der Waals surface area (Å²) in [5.74, 6) is -0.879. The van der Waals surface area contributed by atoms with Crippen molar-refractivity contribution >= 4 is 19.8 Å². The number of nitrogens with zero attached hydrogens (tertiary/aromatic N) is 1. The molecule has 0 radical (unpaired) electrons. The number of ether oxygens (including phenoxy) is 2. The zero-order chi connectivity index (χ0) is 39.3. The molecule has 53 heavy (non-hydrogen) atoms. The fourth-order valence-electron chi connectivity index (χ4n) is 5.09. The van der Waals surface area contributed by atoms with Gasteiger partial charge in [-0.25, -0.2) is 0 Å². The molecule has 0 spiro atoms. The van der Waals surface area contributed by atoms with E-state index in [1.807, 2.05) is 21.1 Å². The molecule has 0 aliphatic heterocycles. The summed E-state index contributed by atoms with van der Waals surface area (Å²) in [5.41, 5.74) is 0. The smallest absolute Gasteiger partial charge is 0.306 e. The largest absolute Gasteiger partial charge is 0.756 e. The van der Waals surface area contributed by atoms with Gasteiger partial charge in [-0.05, 0) is 57.8 Å². The van der Waals surface area contributed by atoms with Crippen molar-refractivity contribution in [3.63, 3.8) is 0 Å². The van der Waals surface area contributed by atoms with Crippen LogP contribution in [0, 0.1) is 0 Å². The molecule has 0 N–H and O–H groups in total. The number of hydrogen-bond donors (Lipinski definition) is 0. The van der Waals surface area contributed by atoms with Crippen LogP contribution >= 0.6 is 7.82 Å². The highest BCUT2D eigenvalue weighted by atomic mass is 31.2. The molecule has 0 bridgehead atoms. The van der Waals surface area contributed by atoms with Gasteiger partial charge in [-0.15, -0.1) is 0 Å². The minimum atomic E-state index is -4.63. The van der Waals surface area contributed by atoms with Gasteiger partial charge in [0.1, 0.15) is 19.8 Å². The second-order valence-electron chi connectivity index (χ2n) is 14.6. The topological polar surface area (TPSA) is 111 Å². The molecule has 0 aromatic rings. The van der Waals surface area contributed by atoms with Crippen LogP contribution < -0.4 is 4.89 Å². The lowest BCUT2D eigenvalue weighted by atomic mass is 10.1. The number of phosphoric ester groups is 1. The zero-order valence-electron chi connectivity index (χ0n) is 34.2. The molecule has 0 aromatic heterocycles. The molecule has 0 saturated carbocycles. The van der Waals surface area contributed by atoms with Crippen LogP contribution in [0.1, 0.15) is 149 Å². The predicted octanol–water partition coefficient (Wildman–Crippen LogP) is 10.7. The van der Waals surface area contributed by atoms with E-state index in [4.69, 9.17) is 18.5 Å². The Kier molecular flexibility index (Phi) is 33.9. The first-order valence-electron chi connectivity index (χ1n) is 20.5. The third kappa shape index (κ3) is 39.2. The summed E-state index contributed by atoms with van der Waals surface area (Å²) >= 11 is 0. The molecular weight excluding hydrogens is 689 g/mol. The van der Waals surface area contributed by atoms with Gasteiger partial charge in [0.05, 0.1) is 27.7 Å². The van der Waals surface area contributed by atoms with Crippen molar-refractivity contribution in [3.05, 3.63) is 60.8 Å². The van der Waals surface area contributed by atoms with Gasteiger partial charge < -0.3 is 27.9 Å². The van der Waals surface area contributed by atoms with Gasteiger partial charge in [0.15, 0.2) is 6.10 Å². The monoisotopic (exact) mass is 766 g/mol. The molecule has 0 fully saturated rings. The maximum atomic E-state index is 12.6. The maximum absolute atomic E-state index is 12.6. The fraction of sp³-hybridized carbons (Fsp3) is 0.721. The Morgan fingerprint density at radius 3 is 1.60 bits per heavy atom. The number of phosphoric acid groups is 1. The van der Waals surface area contributed by atoms with E-state index >= 15 is 0 Å². The fourth-order valence-corrected chi connectivity index (χ4v) is 5.82. The lowest BCUT2D eigenvalue weighted by Gasteiger charge is -2.28. The first-order valence-corrected chi connectivity index (χ1v) is 22.0. The van der Waals surface area contributed by atoms with Crippen LogP contribution in [0.15, 0.2) is 60.8 Å². The minimum Gasteiger partial charge on any atom is -0.756 e. The Hall–Kier alpha value is -2.29. The van der Waals surface area contributed by atoms with E-state index in [-0.39, 0.29) is 26.1 Å². The molecule has 306 valence electrons. The van der Waals surface area contributed by atoms with Crippen molar-refractivity contribution in [3.8, 4) is 0 Å². The molecule has 2 atom stereocenters. The summed E-state index contributed by atoms with van der Waals surface area (Å²) < 4.78 is 33.7. The van der Waals surface area contributed by atoms with Crippen LogP contribution in [0.3, 0.4) is 0 Å². The third-order valence-electron chi connectivity index (χ3n) is 8.30. The highest BCUT2D eigenvalue weighted by Crippen LogP contribution is 2.38. The van der Waals surface area contributed by atoms with Crippen molar-refractivity contribution in [2.75, 3.05) is 47.5 Å². The van der Waals surface area contributed by atoms with Gasteiger partial charge in [-0.3, -0.25) is 14.2 Å². The number of likely N-dealkylation sites (N-methyl/N-ethyl adjacent to an activating group) is 1. The average molecular weight is 766 g/mol. The number of carbonyl (C=O) groups is 2. The van der Waals surface area contributed by atoms with Gasteiger partial charge in [-0.1, -0.05) is 139 Å². The van der Waals surface area contributed by atoms with Crippen molar-refractivity contribution < 1.29 is 42.1 Å². The van der Waals surface area contributed by atoms with Crippen LogP contribution in [-0.2, 0) is 32.7 Å². The van der Waals surface area contributed by atoms with E-state index in [1.165, 1.54) is 44.9 Å². The lowest BCUT2D eigenvalue weighted by Crippen LogP contribution is -2.37. The van der Waals surface area contributed by atoms with Gasteiger partial charge in [0, 0.05) is 12.8 Å². The quantitative estimate of drug-likeness (QED) is 0.0204. The van der Waals surface area contributed by atoms with E-state index < -0.39 is 32.5 Å². The number of esters is 2. The second-order valence-corrected chi connectivity index (χ2v) is 16.0. The molecule has 0 aliphatic carbocycles. The first kappa shape index (κ1) is 50.7. The molecule has 0 aromatic carbocycles. The van der Waals surface area contributed by atoms with Crippen LogP contribution in [0.4, 0.5) is 0 Å². The standard InChI is InChI=1S/C43H76NO8P/c1-6-8-10-12-14-16-18-19-20-21-22-23-24-25-26-28-30-32-34-36-43(46)52-41(40-51-53(47,48)50-38-37-44(3,4)5)39-49-42(45)35-33-31-29-27-17-15-13-11-9-7-2/h8,10,14,16,19-20,22-23,25-26,41H,6-7,9,11-13,15,17-18,21,24,27-40H2,1-5H3/b10-8-,16-14-,20-19-,23-22-,26-25-. The van der Waals surface area contributed by atoms with Gasteiger partial charge in [0.2, 0.25) is 0 Å². The molecule has 2 unspecified atom stereocenters. The summed E-state index contributed by atoms with van der Waals surface area (Å²) in [5, 5.41) is 0. The normalized spacial score (nSPS) is 14.3. The van der Waals surface area contributed by atoms with E-state index in [0.717, 1.165) is 70.6 Å². The summed E-state index contributed by atoms with van der Waals surface area (Å²) in [7, 11) is 1.13. The lowest BCUT2D eigenvalue weighted by molar-refractivity contribution is -0.870.